The summed E-state index contributed by atoms with van der Waals surface area (Å²) in [4.78, 5) is 29.9. The number of fused-ring (bicyclic) bond motifs is 7. The topological polar surface area (TPSA) is 550 Å². The van der Waals surface area contributed by atoms with Crippen LogP contribution in [-0.4, -0.2) is 337 Å². The molecule has 6 aliphatic heterocycles. The molecule has 98 heavy (non-hydrogen) atoms. The van der Waals surface area contributed by atoms with Gasteiger partial charge in [-0.3, -0.25) is 9.59 Å². The van der Waals surface area contributed by atoms with E-state index in [-0.39, 0.29) is 25.7 Å². The number of esters is 1. The Hall–Kier alpha value is -2.52. The van der Waals surface area contributed by atoms with Gasteiger partial charge in [-0.2, -0.15) is 0 Å². The van der Waals surface area contributed by atoms with Crippen molar-refractivity contribution < 1.29 is 169 Å². The van der Waals surface area contributed by atoms with E-state index in [2.05, 4.69) is 6.92 Å². The minimum absolute atomic E-state index is 0.0196. The van der Waals surface area contributed by atoms with E-state index >= 15 is 4.79 Å². The normalized spacial score (nSPS) is 55.0. The number of carbonyl (C=O) groups is 2. The van der Waals surface area contributed by atoms with Crippen molar-refractivity contribution in [2.75, 3.05) is 33.0 Å². The van der Waals surface area contributed by atoms with Crippen molar-refractivity contribution in [1.29, 1.82) is 0 Å². The number of allylic oxidation sites excluding steroid dienone is 2. The lowest BCUT2D eigenvalue weighted by atomic mass is 9.33. The highest BCUT2D eigenvalue weighted by atomic mass is 16.8. The summed E-state index contributed by atoms with van der Waals surface area (Å²) in [5.41, 5.74) is -6.09. The SMILES string of the molecule is C[C@@H]1O[C@@H](O[C@H]2[C@H](OC(=O)[C@]34CCC(C)(C)C[C@H]3C3=CC[C@@H]5[C@@]6(C)C[C@H](O)[C@H](O[C@@H]7O[C@H](CO)[C@@H](O)[C@H](O)[C@H]7O[C@@H]7O[C@H](CO)[C@@H](O)[C@H](O)[C@H]7O[C@@H]7O[C@H](CO)[C@@H](O)[C@H](O)[C@H]7O)[C@@](C)(C(=O)O)[C@@H]6CC[C@@]5(C)[C@]3(C)C[C@H]4O)OC[C@H](O)[C@@H]2O)[C@H](O)[C@H](O)[C@H]1O[C@@H]1OC[C@@H](O)[C@H](O)[C@H]1O. The van der Waals surface area contributed by atoms with Gasteiger partial charge in [-0.15, -0.1) is 0 Å². The molecular weight excluding hydrogens is 1310 g/mol. The average molecular weight is 1420 g/mol. The van der Waals surface area contributed by atoms with Crippen molar-refractivity contribution in [2.45, 2.75) is 290 Å². The number of carboxylic acids is 1. The van der Waals surface area contributed by atoms with Crippen LogP contribution in [0.5, 0.6) is 0 Å². The van der Waals surface area contributed by atoms with Crippen LogP contribution in [0.1, 0.15) is 99.8 Å². The number of hydrogen-bond acceptors (Lipinski definition) is 33. The van der Waals surface area contributed by atoms with Gasteiger partial charge in [-0.25, -0.2) is 0 Å². The Morgan fingerprint density at radius 2 is 0.969 bits per heavy atom. The Bertz CT molecular complexity index is 2820. The molecule has 39 atom stereocenters. The molecule has 6 heterocycles. The van der Waals surface area contributed by atoms with Crippen LogP contribution in [0.4, 0.5) is 0 Å². The van der Waals surface area contributed by atoms with Gasteiger partial charge in [-0.05, 0) is 105 Å². The standard InChI is InChI=1S/C64H102O34/c1-22-46(93-51-43(81)34(72)26(69)20-87-51)42(80)45(83)52(89-22)94-47-35(73)27(70)21-88-54(47)98-58(86)64-13-12-59(2,3)14-24(64)23-8-9-31-60(4)15-25(68)50(63(7,57(84)85)32(60)10-11-61(31,5)62(23,6)16-33(64)71)97-56-49(41(79)38(76)30(19-67)92-56)96-55-48(40(78)37(75)29(18-66)91-55)95-53-44(82)39(77)36(74)28(17-65)90-53/h8,22,24-56,65-83H,9-21H2,1-7H3,(H,84,85)/t22-,24-,25-,26+,27-,28+,29+,30+,31+,32+,33+,34-,35-,36+,37+,38+,39-,40-,41-,42-,43+,44+,45+,46-,47+,48+,49+,50-,51-,52-,53-,54-,55-,56-,60+,61+,62+,63-,64+/m0/s1. The van der Waals surface area contributed by atoms with Gasteiger partial charge in [0.15, 0.2) is 37.6 Å². The molecule has 0 bridgehead atoms. The molecule has 5 aliphatic carbocycles. The fourth-order valence-electron chi connectivity index (χ4n) is 19.0. The highest BCUT2D eigenvalue weighted by molar-refractivity contribution is 5.80. The van der Waals surface area contributed by atoms with Gasteiger partial charge >= 0.3 is 11.9 Å². The Balaban J connectivity index is 0.847. The maximum absolute atomic E-state index is 15.5. The molecule has 11 aliphatic rings. The Morgan fingerprint density at radius 1 is 0.490 bits per heavy atom. The lowest BCUT2D eigenvalue weighted by Gasteiger charge is -2.71. The van der Waals surface area contributed by atoms with E-state index in [9.17, 15) is 107 Å². The van der Waals surface area contributed by atoms with Gasteiger partial charge in [0.2, 0.25) is 6.29 Å². The molecule has 0 unspecified atom stereocenters. The number of aliphatic hydroxyl groups excluding tert-OH is 19. The molecule has 34 nitrogen and oxygen atoms in total. The van der Waals surface area contributed by atoms with E-state index in [1.165, 1.54) is 13.8 Å². The van der Waals surface area contributed by atoms with Crippen molar-refractivity contribution in [3.05, 3.63) is 11.6 Å². The summed E-state index contributed by atoms with van der Waals surface area (Å²) in [5.74, 6) is -4.32. The first-order valence-electron chi connectivity index (χ1n) is 33.9. The number of aliphatic carboxylic acids is 1. The molecule has 562 valence electrons. The largest absolute Gasteiger partial charge is 0.481 e. The number of aliphatic hydroxyl groups is 19. The van der Waals surface area contributed by atoms with Crippen molar-refractivity contribution in [3.8, 4) is 0 Å². The second kappa shape index (κ2) is 28.4. The van der Waals surface area contributed by atoms with Gasteiger partial charge in [-0.1, -0.05) is 46.3 Å². The Kier molecular flexibility index (Phi) is 22.2. The van der Waals surface area contributed by atoms with Crippen LogP contribution < -0.4 is 0 Å². The minimum Gasteiger partial charge on any atom is -0.481 e. The molecule has 0 amide bonds. The van der Waals surface area contributed by atoms with E-state index in [4.69, 9.17) is 56.8 Å². The second-order valence-electron chi connectivity index (χ2n) is 31.0. The molecular formula is C64H102O34. The Morgan fingerprint density at radius 3 is 1.55 bits per heavy atom. The lowest BCUT2D eigenvalue weighted by Crippen LogP contribution is -2.71. The zero-order valence-corrected chi connectivity index (χ0v) is 55.6. The van der Waals surface area contributed by atoms with Crippen LogP contribution in [0.25, 0.3) is 0 Å². The van der Waals surface area contributed by atoms with E-state index < -0.39 is 286 Å². The van der Waals surface area contributed by atoms with Gasteiger partial charge in [0.25, 0.3) is 0 Å². The summed E-state index contributed by atoms with van der Waals surface area (Å²) in [5, 5.41) is 221. The number of hydrogen-bond donors (Lipinski definition) is 20. The molecule has 20 N–H and O–H groups in total. The van der Waals surface area contributed by atoms with Gasteiger partial charge in [0.05, 0.1) is 56.8 Å². The highest BCUT2D eigenvalue weighted by Crippen LogP contribution is 2.76. The molecule has 0 spiro atoms. The zero-order chi connectivity index (χ0) is 71.7. The monoisotopic (exact) mass is 1410 g/mol. The van der Waals surface area contributed by atoms with Gasteiger partial charge in [0.1, 0.15) is 134 Å². The third-order valence-electron chi connectivity index (χ3n) is 24.9. The van der Waals surface area contributed by atoms with Crippen LogP contribution in [0.3, 0.4) is 0 Å². The molecule has 34 heteroatoms. The smallest absolute Gasteiger partial charge is 0.317 e. The highest BCUT2D eigenvalue weighted by Gasteiger charge is 2.75. The van der Waals surface area contributed by atoms with Crippen LogP contribution in [0.15, 0.2) is 11.6 Å². The summed E-state index contributed by atoms with van der Waals surface area (Å²) in [6, 6.07) is 0. The van der Waals surface area contributed by atoms with Crippen LogP contribution >= 0.6 is 0 Å². The number of carbonyl (C=O) groups excluding carboxylic acids is 1. The first kappa shape index (κ1) is 76.6. The number of rotatable bonds is 16. The molecule has 6 saturated heterocycles. The van der Waals surface area contributed by atoms with Crippen LogP contribution in [0, 0.1) is 50.2 Å². The second-order valence-corrected chi connectivity index (χ2v) is 31.0. The quantitative estimate of drug-likeness (QED) is 0.0388. The molecule has 0 aromatic carbocycles. The number of ether oxygens (including phenoxy) is 12. The predicted octanol–water partition coefficient (Wildman–Crippen LogP) is -7.07. The van der Waals surface area contributed by atoms with Crippen molar-refractivity contribution >= 4 is 11.9 Å². The lowest BCUT2D eigenvalue weighted by molar-refractivity contribution is -0.400. The fourth-order valence-corrected chi connectivity index (χ4v) is 19.0. The third kappa shape index (κ3) is 12.6. The molecule has 11 rings (SSSR count). The minimum atomic E-state index is -2.13. The summed E-state index contributed by atoms with van der Waals surface area (Å²) in [6.45, 7) is 9.15. The Labute approximate surface area is 564 Å². The molecule has 10 fully saturated rings. The van der Waals surface area contributed by atoms with Crippen molar-refractivity contribution in [1.82, 2.24) is 0 Å². The summed E-state index contributed by atoms with van der Waals surface area (Å²) >= 11 is 0. The first-order chi connectivity index (χ1) is 45.9. The first-order valence-corrected chi connectivity index (χ1v) is 33.9. The number of carboxylic acid groups (broad SMARTS) is 1. The van der Waals surface area contributed by atoms with Crippen LogP contribution in [-0.2, 0) is 66.4 Å². The molecule has 0 aromatic heterocycles. The molecule has 0 aromatic rings. The van der Waals surface area contributed by atoms with Crippen LogP contribution in [0.2, 0.25) is 0 Å². The predicted molar refractivity (Wildman–Crippen MR) is 319 cm³/mol. The summed E-state index contributed by atoms with van der Waals surface area (Å²) < 4.78 is 71.2. The molecule has 4 saturated carbocycles. The van der Waals surface area contributed by atoms with E-state index in [0.717, 1.165) is 5.57 Å². The average Bonchev–Trinajstić information content (AvgIpc) is 0.668. The van der Waals surface area contributed by atoms with Crippen molar-refractivity contribution in [3.63, 3.8) is 0 Å². The molecule has 0 radical (unpaired) electrons. The van der Waals surface area contributed by atoms with E-state index in [0.29, 0.717) is 25.7 Å². The fraction of sp³-hybridized carbons (Fsp3) is 0.938. The third-order valence-corrected chi connectivity index (χ3v) is 24.9. The van der Waals surface area contributed by atoms with Gasteiger partial charge < -0.3 is 159 Å². The van der Waals surface area contributed by atoms with E-state index in [1.54, 1.807) is 0 Å². The van der Waals surface area contributed by atoms with Crippen molar-refractivity contribution in [2.24, 2.45) is 50.2 Å². The van der Waals surface area contributed by atoms with Gasteiger partial charge in [0, 0.05) is 0 Å². The maximum Gasteiger partial charge on any atom is 0.317 e. The summed E-state index contributed by atoms with van der Waals surface area (Å²) in [6.07, 6.45) is -51.8. The van der Waals surface area contributed by atoms with E-state index in [1.807, 2.05) is 33.8 Å². The maximum atomic E-state index is 15.5. The zero-order valence-electron chi connectivity index (χ0n) is 55.6. The summed E-state index contributed by atoms with van der Waals surface area (Å²) in [7, 11) is 0.